The maximum absolute atomic E-state index is 6.38. The molecule has 5 nitrogen and oxygen atoms in total. The molecule has 1 saturated heterocycles. The number of benzene rings is 2. The predicted octanol–water partition coefficient (Wildman–Crippen LogP) is 4.50. The van der Waals surface area contributed by atoms with Crippen molar-refractivity contribution in [3.63, 3.8) is 0 Å². The van der Waals surface area contributed by atoms with Crippen molar-refractivity contribution in [2.24, 2.45) is 0 Å². The number of ether oxygens (including phenoxy) is 3. The van der Waals surface area contributed by atoms with Gasteiger partial charge in [-0.1, -0.05) is 54.1 Å². The monoisotopic (exact) mass is 412 g/mol. The second-order valence-corrected chi connectivity index (χ2v) is 7.76. The zero-order chi connectivity index (χ0) is 19.9. The Morgan fingerprint density at radius 1 is 1.10 bits per heavy atom. The molecule has 0 aliphatic carbocycles. The summed E-state index contributed by atoms with van der Waals surface area (Å²) in [5.74, 6) is -0.693. The smallest absolute Gasteiger partial charge is 0.187 e. The Balaban J connectivity index is 1.36. The first-order valence-electron chi connectivity index (χ1n) is 9.84. The quantitative estimate of drug-likeness (QED) is 0.519. The van der Waals surface area contributed by atoms with Crippen LogP contribution in [0.15, 0.2) is 73.3 Å². The molecule has 0 saturated carbocycles. The van der Waals surface area contributed by atoms with Crippen molar-refractivity contribution in [3.8, 4) is 0 Å². The third-order valence-electron chi connectivity index (χ3n) is 5.02. The topological polar surface area (TPSA) is 45.5 Å². The standard InChI is InChI=1S/C23H25ClN2O3/c24-21-8-6-19(7-9-21)10-11-23(17-26-13-12-25-18-26)28-16-22(29-23)15-27-14-20-4-2-1-3-5-20/h1-9,12-13,18,22H,10-11,14-17H2. The molecule has 0 bridgehead atoms. The van der Waals surface area contributed by atoms with Crippen LogP contribution in [-0.2, 0) is 33.8 Å². The Morgan fingerprint density at radius 3 is 2.69 bits per heavy atom. The first kappa shape index (κ1) is 20.1. The summed E-state index contributed by atoms with van der Waals surface area (Å²) >= 11 is 6.00. The summed E-state index contributed by atoms with van der Waals surface area (Å²) in [5.41, 5.74) is 2.36. The molecule has 2 aromatic carbocycles. The van der Waals surface area contributed by atoms with Gasteiger partial charge < -0.3 is 18.8 Å². The van der Waals surface area contributed by atoms with Crippen LogP contribution in [0.25, 0.3) is 0 Å². The lowest BCUT2D eigenvalue weighted by Crippen LogP contribution is -2.37. The molecule has 4 rings (SSSR count). The molecular weight excluding hydrogens is 388 g/mol. The SMILES string of the molecule is Clc1ccc(CCC2(Cn3ccnc3)OCC(COCc3ccccc3)O2)cc1. The fourth-order valence-electron chi connectivity index (χ4n) is 3.52. The van der Waals surface area contributed by atoms with Gasteiger partial charge >= 0.3 is 0 Å². The highest BCUT2D eigenvalue weighted by Crippen LogP contribution is 2.31. The van der Waals surface area contributed by atoms with Gasteiger partial charge in [-0.15, -0.1) is 0 Å². The fraction of sp³-hybridized carbons (Fsp3) is 0.348. The molecule has 1 aromatic heterocycles. The molecule has 0 radical (unpaired) electrons. The Hall–Kier alpha value is -2.18. The van der Waals surface area contributed by atoms with Gasteiger partial charge in [0.05, 0.1) is 32.7 Å². The van der Waals surface area contributed by atoms with Crippen LogP contribution in [0.4, 0.5) is 0 Å². The number of aromatic nitrogens is 2. The van der Waals surface area contributed by atoms with E-state index >= 15 is 0 Å². The van der Waals surface area contributed by atoms with Crippen LogP contribution in [0, 0.1) is 0 Å². The van der Waals surface area contributed by atoms with Crippen molar-refractivity contribution in [2.45, 2.75) is 37.9 Å². The second-order valence-electron chi connectivity index (χ2n) is 7.32. The molecule has 6 heteroatoms. The van der Waals surface area contributed by atoms with Crippen LogP contribution < -0.4 is 0 Å². The number of halogens is 1. The highest BCUT2D eigenvalue weighted by Gasteiger charge is 2.41. The molecule has 2 atom stereocenters. The number of hydrogen-bond donors (Lipinski definition) is 0. The number of imidazole rings is 1. The van der Waals surface area contributed by atoms with Gasteiger partial charge in [0.2, 0.25) is 0 Å². The molecule has 0 spiro atoms. The molecule has 1 fully saturated rings. The van der Waals surface area contributed by atoms with Gasteiger partial charge in [0.15, 0.2) is 5.79 Å². The molecule has 0 amide bonds. The van der Waals surface area contributed by atoms with E-state index in [1.54, 1.807) is 12.5 Å². The molecule has 152 valence electrons. The number of rotatable bonds is 9. The number of aryl methyl sites for hydroxylation is 1. The fourth-order valence-corrected chi connectivity index (χ4v) is 3.64. The largest absolute Gasteiger partial charge is 0.374 e. The lowest BCUT2D eigenvalue weighted by Gasteiger charge is -2.28. The van der Waals surface area contributed by atoms with E-state index in [4.69, 9.17) is 25.8 Å². The minimum Gasteiger partial charge on any atom is -0.374 e. The summed E-state index contributed by atoms with van der Waals surface area (Å²) in [5, 5.41) is 0.742. The van der Waals surface area contributed by atoms with Crippen molar-refractivity contribution in [1.29, 1.82) is 0 Å². The lowest BCUT2D eigenvalue weighted by atomic mass is 10.0. The zero-order valence-electron chi connectivity index (χ0n) is 16.2. The summed E-state index contributed by atoms with van der Waals surface area (Å²) in [7, 11) is 0. The average molecular weight is 413 g/mol. The molecule has 0 N–H and O–H groups in total. The van der Waals surface area contributed by atoms with E-state index in [1.807, 2.05) is 53.2 Å². The van der Waals surface area contributed by atoms with Crippen LogP contribution in [0.5, 0.6) is 0 Å². The van der Waals surface area contributed by atoms with Gasteiger partial charge in [0, 0.05) is 23.8 Å². The summed E-state index contributed by atoms with van der Waals surface area (Å²) in [4.78, 5) is 4.14. The molecule has 1 aliphatic rings. The highest BCUT2D eigenvalue weighted by atomic mass is 35.5. The third kappa shape index (κ3) is 5.67. The van der Waals surface area contributed by atoms with Crippen LogP contribution in [0.1, 0.15) is 17.5 Å². The highest BCUT2D eigenvalue weighted by molar-refractivity contribution is 6.30. The normalized spacial score (nSPS) is 21.5. The third-order valence-corrected chi connectivity index (χ3v) is 5.27. The Bertz CT molecular complexity index is 871. The lowest BCUT2D eigenvalue weighted by molar-refractivity contribution is -0.187. The summed E-state index contributed by atoms with van der Waals surface area (Å²) in [6.07, 6.45) is 6.96. The van der Waals surface area contributed by atoms with Crippen molar-refractivity contribution in [2.75, 3.05) is 13.2 Å². The van der Waals surface area contributed by atoms with Gasteiger partial charge in [-0.05, 0) is 29.7 Å². The van der Waals surface area contributed by atoms with Crippen molar-refractivity contribution in [1.82, 2.24) is 9.55 Å². The zero-order valence-corrected chi connectivity index (χ0v) is 17.0. The van der Waals surface area contributed by atoms with E-state index < -0.39 is 5.79 Å². The first-order chi connectivity index (χ1) is 14.2. The van der Waals surface area contributed by atoms with E-state index in [0.29, 0.717) is 26.4 Å². The van der Waals surface area contributed by atoms with Crippen molar-refractivity contribution in [3.05, 3.63) is 89.5 Å². The summed E-state index contributed by atoms with van der Waals surface area (Å²) < 4.78 is 20.4. The van der Waals surface area contributed by atoms with E-state index in [1.165, 1.54) is 5.56 Å². The van der Waals surface area contributed by atoms with E-state index in [-0.39, 0.29) is 6.10 Å². The second kappa shape index (κ2) is 9.55. The van der Waals surface area contributed by atoms with Crippen molar-refractivity contribution >= 4 is 11.6 Å². The van der Waals surface area contributed by atoms with Gasteiger partial charge in [-0.3, -0.25) is 0 Å². The Morgan fingerprint density at radius 2 is 1.93 bits per heavy atom. The van der Waals surface area contributed by atoms with Crippen LogP contribution in [0.2, 0.25) is 5.02 Å². The van der Waals surface area contributed by atoms with E-state index in [2.05, 4.69) is 17.1 Å². The minimum atomic E-state index is -0.693. The van der Waals surface area contributed by atoms with Gasteiger partial charge in [0.25, 0.3) is 0 Å². The molecule has 29 heavy (non-hydrogen) atoms. The van der Waals surface area contributed by atoms with Crippen molar-refractivity contribution < 1.29 is 14.2 Å². The molecule has 3 aromatic rings. The maximum Gasteiger partial charge on any atom is 0.187 e. The van der Waals surface area contributed by atoms with E-state index in [9.17, 15) is 0 Å². The minimum absolute atomic E-state index is 0.0903. The number of nitrogens with zero attached hydrogens (tertiary/aromatic N) is 2. The van der Waals surface area contributed by atoms with Gasteiger partial charge in [-0.2, -0.15) is 0 Å². The molecule has 2 heterocycles. The van der Waals surface area contributed by atoms with Crippen LogP contribution >= 0.6 is 11.6 Å². The Labute approximate surface area is 176 Å². The molecule has 2 unspecified atom stereocenters. The maximum atomic E-state index is 6.38. The predicted molar refractivity (Wildman–Crippen MR) is 112 cm³/mol. The number of hydrogen-bond acceptors (Lipinski definition) is 4. The molecular formula is C23H25ClN2O3. The van der Waals surface area contributed by atoms with Crippen LogP contribution in [-0.4, -0.2) is 34.7 Å². The Kier molecular flexibility index (Phi) is 6.62. The first-order valence-corrected chi connectivity index (χ1v) is 10.2. The summed E-state index contributed by atoms with van der Waals surface area (Å²) in [6, 6.07) is 18.1. The van der Waals surface area contributed by atoms with Gasteiger partial charge in [-0.25, -0.2) is 4.98 Å². The molecule has 1 aliphatic heterocycles. The average Bonchev–Trinajstić information content (AvgIpc) is 3.39. The van der Waals surface area contributed by atoms with Crippen LogP contribution in [0.3, 0.4) is 0 Å². The summed E-state index contributed by atoms with van der Waals surface area (Å²) in [6.45, 7) is 2.18. The van der Waals surface area contributed by atoms with E-state index in [0.717, 1.165) is 23.4 Å². The van der Waals surface area contributed by atoms with Gasteiger partial charge in [0.1, 0.15) is 6.10 Å².